The number of hydrogen-bond acceptors (Lipinski definition) is 5. The monoisotopic (exact) mass is 319 g/mol. The number of halogens is 1. The maximum atomic E-state index is 5.99. The molecule has 0 unspecified atom stereocenters. The van der Waals surface area contributed by atoms with Crippen LogP contribution in [0.1, 0.15) is 11.4 Å². The zero-order chi connectivity index (χ0) is 14.8. The topological polar surface area (TPSA) is 47.0 Å². The molecule has 2 aromatic heterocycles. The molecule has 0 amide bonds. The van der Waals surface area contributed by atoms with Gasteiger partial charge >= 0.3 is 0 Å². The van der Waals surface area contributed by atoms with Gasteiger partial charge in [-0.3, -0.25) is 0 Å². The van der Waals surface area contributed by atoms with Crippen LogP contribution in [0.2, 0.25) is 5.02 Å². The highest BCUT2D eigenvalue weighted by molar-refractivity contribution is 7.16. The molecule has 2 heterocycles. The molecule has 3 aromatic rings. The summed E-state index contributed by atoms with van der Waals surface area (Å²) >= 11 is 7.58. The number of benzene rings is 1. The minimum absolute atomic E-state index is 0.309. The molecule has 0 aliphatic rings. The second-order valence-corrected chi connectivity index (χ2v) is 5.91. The highest BCUT2D eigenvalue weighted by Gasteiger charge is 2.09. The van der Waals surface area contributed by atoms with Gasteiger partial charge in [-0.25, -0.2) is 9.97 Å². The number of hydrogen-bond donors (Lipinski definition) is 1. The standard InChI is InChI=1S/C15H14ClN3OS/c1-9-3-4-10(16)7-12(9)20-8-13-18-14(17-2)11-5-6-21-15(11)19-13/h3-7H,8H2,1-2H3,(H,17,18,19). The predicted molar refractivity (Wildman–Crippen MR) is 87.5 cm³/mol. The maximum absolute atomic E-state index is 5.99. The summed E-state index contributed by atoms with van der Waals surface area (Å²) in [5.74, 6) is 2.22. The van der Waals surface area contributed by atoms with Gasteiger partial charge in [-0.15, -0.1) is 11.3 Å². The first-order valence-electron chi connectivity index (χ1n) is 6.48. The molecule has 0 saturated carbocycles. The van der Waals surface area contributed by atoms with Gasteiger partial charge in [-0.05, 0) is 36.1 Å². The Bertz CT molecular complexity index is 788. The summed E-state index contributed by atoms with van der Waals surface area (Å²) in [5, 5.41) is 6.79. The van der Waals surface area contributed by atoms with E-state index in [0.717, 1.165) is 27.3 Å². The summed E-state index contributed by atoms with van der Waals surface area (Å²) in [4.78, 5) is 9.96. The molecular weight excluding hydrogens is 306 g/mol. The number of rotatable bonds is 4. The van der Waals surface area contributed by atoms with Gasteiger partial charge in [0.05, 0.1) is 5.39 Å². The molecule has 0 atom stereocenters. The Labute approximate surface area is 131 Å². The summed E-state index contributed by atoms with van der Waals surface area (Å²) < 4.78 is 5.80. The summed E-state index contributed by atoms with van der Waals surface area (Å²) in [7, 11) is 1.85. The molecule has 0 radical (unpaired) electrons. The van der Waals surface area contributed by atoms with E-state index in [4.69, 9.17) is 16.3 Å². The van der Waals surface area contributed by atoms with Crippen LogP contribution in [0.4, 0.5) is 5.82 Å². The molecule has 108 valence electrons. The van der Waals surface area contributed by atoms with Crippen LogP contribution < -0.4 is 10.1 Å². The summed E-state index contributed by atoms with van der Waals surface area (Å²) in [5.41, 5.74) is 1.03. The lowest BCUT2D eigenvalue weighted by Crippen LogP contribution is -2.05. The molecule has 0 aliphatic heterocycles. The van der Waals surface area contributed by atoms with Gasteiger partial charge in [0, 0.05) is 12.1 Å². The maximum Gasteiger partial charge on any atom is 0.169 e. The largest absolute Gasteiger partial charge is 0.485 e. The van der Waals surface area contributed by atoms with Crippen molar-refractivity contribution in [2.45, 2.75) is 13.5 Å². The number of anilines is 1. The third kappa shape index (κ3) is 2.94. The molecule has 0 bridgehead atoms. The van der Waals surface area contributed by atoms with E-state index in [9.17, 15) is 0 Å². The smallest absolute Gasteiger partial charge is 0.169 e. The SMILES string of the molecule is CNc1nc(COc2cc(Cl)ccc2C)nc2sccc12. The summed E-state index contributed by atoms with van der Waals surface area (Å²) in [6, 6.07) is 7.59. The van der Waals surface area contributed by atoms with Gasteiger partial charge in [0.15, 0.2) is 5.82 Å². The first-order chi connectivity index (χ1) is 10.2. The van der Waals surface area contributed by atoms with E-state index in [1.54, 1.807) is 17.4 Å². The molecule has 0 aliphatic carbocycles. The molecule has 4 nitrogen and oxygen atoms in total. The summed E-state index contributed by atoms with van der Waals surface area (Å²) in [6.07, 6.45) is 0. The van der Waals surface area contributed by atoms with Crippen molar-refractivity contribution in [2.75, 3.05) is 12.4 Å². The molecule has 1 N–H and O–H groups in total. The van der Waals surface area contributed by atoms with Crippen molar-refractivity contribution in [1.82, 2.24) is 9.97 Å². The lowest BCUT2D eigenvalue weighted by Gasteiger charge is -2.10. The molecule has 0 saturated heterocycles. The minimum atomic E-state index is 0.309. The third-order valence-corrected chi connectivity index (χ3v) is 4.16. The lowest BCUT2D eigenvalue weighted by atomic mass is 10.2. The van der Waals surface area contributed by atoms with E-state index in [1.807, 2.05) is 37.6 Å². The Morgan fingerprint density at radius 1 is 1.29 bits per heavy atom. The van der Waals surface area contributed by atoms with Crippen LogP contribution in [-0.2, 0) is 6.61 Å². The Morgan fingerprint density at radius 2 is 2.14 bits per heavy atom. The predicted octanol–water partition coefficient (Wildman–Crippen LogP) is 4.27. The number of ether oxygens (including phenoxy) is 1. The molecule has 0 spiro atoms. The average Bonchev–Trinajstić information content (AvgIpc) is 2.95. The molecule has 3 rings (SSSR count). The van der Waals surface area contributed by atoms with E-state index in [2.05, 4.69) is 15.3 Å². The second-order valence-electron chi connectivity index (χ2n) is 4.58. The first kappa shape index (κ1) is 14.1. The fourth-order valence-corrected chi connectivity index (χ4v) is 2.97. The number of fused-ring (bicyclic) bond motifs is 1. The minimum Gasteiger partial charge on any atom is -0.485 e. The zero-order valence-electron chi connectivity index (χ0n) is 11.7. The van der Waals surface area contributed by atoms with Gasteiger partial charge in [-0.1, -0.05) is 17.7 Å². The number of nitrogens with one attached hydrogen (secondary N) is 1. The van der Waals surface area contributed by atoms with Crippen molar-refractivity contribution >= 4 is 39.0 Å². The van der Waals surface area contributed by atoms with Crippen molar-refractivity contribution < 1.29 is 4.74 Å². The quantitative estimate of drug-likeness (QED) is 0.780. The van der Waals surface area contributed by atoms with Gasteiger partial charge in [0.2, 0.25) is 0 Å². The molecule has 1 aromatic carbocycles. The second kappa shape index (κ2) is 5.87. The fourth-order valence-electron chi connectivity index (χ4n) is 2.03. The van der Waals surface area contributed by atoms with E-state index >= 15 is 0 Å². The van der Waals surface area contributed by atoms with Crippen LogP contribution in [0.5, 0.6) is 5.75 Å². The lowest BCUT2D eigenvalue weighted by molar-refractivity contribution is 0.294. The highest BCUT2D eigenvalue weighted by Crippen LogP contribution is 2.26. The Hall–Kier alpha value is -1.85. The van der Waals surface area contributed by atoms with Crippen LogP contribution in [0, 0.1) is 6.92 Å². The van der Waals surface area contributed by atoms with E-state index in [1.165, 1.54) is 0 Å². The third-order valence-electron chi connectivity index (χ3n) is 3.12. The van der Waals surface area contributed by atoms with Gasteiger partial charge in [0.25, 0.3) is 0 Å². The van der Waals surface area contributed by atoms with E-state index in [0.29, 0.717) is 17.5 Å². The number of thiophene rings is 1. The van der Waals surface area contributed by atoms with Crippen LogP contribution >= 0.6 is 22.9 Å². The van der Waals surface area contributed by atoms with Crippen LogP contribution in [-0.4, -0.2) is 17.0 Å². The van der Waals surface area contributed by atoms with Crippen molar-refractivity contribution in [3.63, 3.8) is 0 Å². The Kier molecular flexibility index (Phi) is 3.94. The first-order valence-corrected chi connectivity index (χ1v) is 7.74. The zero-order valence-corrected chi connectivity index (χ0v) is 13.3. The van der Waals surface area contributed by atoms with Crippen molar-refractivity contribution in [3.05, 3.63) is 46.1 Å². The number of aryl methyl sites for hydroxylation is 1. The molecule has 0 fully saturated rings. The average molecular weight is 320 g/mol. The summed E-state index contributed by atoms with van der Waals surface area (Å²) in [6.45, 7) is 2.29. The van der Waals surface area contributed by atoms with Crippen molar-refractivity contribution in [3.8, 4) is 5.75 Å². The molecular formula is C15H14ClN3OS. The number of aromatic nitrogens is 2. The van der Waals surface area contributed by atoms with Crippen LogP contribution in [0.3, 0.4) is 0 Å². The highest BCUT2D eigenvalue weighted by atomic mass is 35.5. The van der Waals surface area contributed by atoms with Gasteiger partial charge in [0.1, 0.15) is 23.0 Å². The normalized spacial score (nSPS) is 10.8. The van der Waals surface area contributed by atoms with Gasteiger partial charge in [-0.2, -0.15) is 0 Å². The molecule has 21 heavy (non-hydrogen) atoms. The van der Waals surface area contributed by atoms with E-state index < -0.39 is 0 Å². The Morgan fingerprint density at radius 3 is 2.95 bits per heavy atom. The van der Waals surface area contributed by atoms with Crippen LogP contribution in [0.25, 0.3) is 10.2 Å². The van der Waals surface area contributed by atoms with Gasteiger partial charge < -0.3 is 10.1 Å². The molecule has 6 heteroatoms. The van der Waals surface area contributed by atoms with Crippen LogP contribution in [0.15, 0.2) is 29.6 Å². The van der Waals surface area contributed by atoms with E-state index in [-0.39, 0.29) is 0 Å². The fraction of sp³-hybridized carbons (Fsp3) is 0.200. The Balaban J connectivity index is 1.86. The van der Waals surface area contributed by atoms with Crippen molar-refractivity contribution in [1.29, 1.82) is 0 Å². The van der Waals surface area contributed by atoms with Crippen molar-refractivity contribution in [2.24, 2.45) is 0 Å². The number of nitrogens with zero attached hydrogens (tertiary/aromatic N) is 2.